The van der Waals surface area contributed by atoms with Crippen molar-refractivity contribution in [2.24, 2.45) is 5.11 Å². The number of hydrogen-bond acceptors (Lipinski definition) is 2. The van der Waals surface area contributed by atoms with Crippen LogP contribution in [0.4, 0.5) is 0 Å². The molecule has 0 amide bonds. The second-order valence-corrected chi connectivity index (χ2v) is 3.90. The lowest BCUT2D eigenvalue weighted by Gasteiger charge is -2.13. The monoisotopic (exact) mass is 201 g/mol. The highest BCUT2D eigenvalue weighted by Gasteiger charge is 2.23. The number of benzene rings is 1. The molecule has 4 heteroatoms. The molecule has 1 heterocycles. The van der Waals surface area contributed by atoms with E-state index in [2.05, 4.69) is 10.0 Å². The molecule has 0 unspecified atom stereocenters. The van der Waals surface area contributed by atoms with Crippen LogP contribution in [0.2, 0.25) is 0 Å². The van der Waals surface area contributed by atoms with Crippen LogP contribution in [-0.2, 0) is 5.54 Å². The van der Waals surface area contributed by atoms with Crippen LogP contribution in [0, 0.1) is 0 Å². The first-order chi connectivity index (χ1) is 7.13. The Balaban J connectivity index is 2.58. The third kappa shape index (κ3) is 1.67. The van der Waals surface area contributed by atoms with E-state index in [-0.39, 0.29) is 0 Å². The van der Waals surface area contributed by atoms with Gasteiger partial charge in [0.05, 0.1) is 0 Å². The lowest BCUT2D eigenvalue weighted by Crippen LogP contribution is -2.10. The number of furan rings is 1. The van der Waals surface area contributed by atoms with Crippen LogP contribution in [0.1, 0.15) is 19.6 Å². The average molecular weight is 201 g/mol. The van der Waals surface area contributed by atoms with Crippen molar-refractivity contribution in [2.75, 3.05) is 0 Å². The summed E-state index contributed by atoms with van der Waals surface area (Å²) >= 11 is 0. The highest BCUT2D eigenvalue weighted by Crippen LogP contribution is 2.30. The lowest BCUT2D eigenvalue weighted by atomic mass is 10.0. The molecule has 1 aromatic carbocycles. The predicted molar refractivity (Wildman–Crippen MR) is 58.4 cm³/mol. The molecule has 0 spiro atoms. The van der Waals surface area contributed by atoms with E-state index in [1.54, 1.807) is 0 Å². The van der Waals surface area contributed by atoms with Crippen molar-refractivity contribution in [2.45, 2.75) is 19.4 Å². The van der Waals surface area contributed by atoms with Crippen molar-refractivity contribution >= 4 is 11.0 Å². The molecule has 4 nitrogen and oxygen atoms in total. The van der Waals surface area contributed by atoms with Crippen molar-refractivity contribution in [3.63, 3.8) is 0 Å². The van der Waals surface area contributed by atoms with Crippen molar-refractivity contribution < 1.29 is 4.42 Å². The Bertz CT molecular complexity index is 503. The van der Waals surface area contributed by atoms with Crippen LogP contribution in [0.5, 0.6) is 0 Å². The molecule has 1 aromatic heterocycles. The highest BCUT2D eigenvalue weighted by atomic mass is 16.3. The SMILES string of the molecule is CC(C)(N=[N+]=[N-])c1cc2ccccc2o1. The molecule has 0 aliphatic heterocycles. The maximum Gasteiger partial charge on any atom is 0.134 e. The van der Waals surface area contributed by atoms with Gasteiger partial charge >= 0.3 is 0 Å². The fourth-order valence-corrected chi connectivity index (χ4v) is 1.44. The van der Waals surface area contributed by atoms with Gasteiger partial charge in [0.15, 0.2) is 0 Å². The maximum absolute atomic E-state index is 8.45. The Labute approximate surface area is 87.1 Å². The molecule has 0 saturated heterocycles. The topological polar surface area (TPSA) is 61.9 Å². The molecule has 0 bridgehead atoms. The summed E-state index contributed by atoms with van der Waals surface area (Å²) in [5.41, 5.74) is 8.62. The van der Waals surface area contributed by atoms with Gasteiger partial charge in [0.2, 0.25) is 0 Å². The Kier molecular flexibility index (Phi) is 2.14. The smallest absolute Gasteiger partial charge is 0.134 e. The summed E-state index contributed by atoms with van der Waals surface area (Å²) in [6.07, 6.45) is 0. The lowest BCUT2D eigenvalue weighted by molar-refractivity contribution is 0.412. The third-order valence-corrected chi connectivity index (χ3v) is 2.32. The molecule has 0 aliphatic rings. The first-order valence-electron chi connectivity index (χ1n) is 4.69. The molecule has 15 heavy (non-hydrogen) atoms. The van der Waals surface area contributed by atoms with Gasteiger partial charge in [-0.05, 0) is 31.5 Å². The Hall–Kier alpha value is -1.93. The molecule has 0 radical (unpaired) electrons. The number of hydrogen-bond donors (Lipinski definition) is 0. The number of nitrogens with zero attached hydrogens (tertiary/aromatic N) is 3. The zero-order valence-electron chi connectivity index (χ0n) is 8.64. The van der Waals surface area contributed by atoms with Gasteiger partial charge in [0, 0.05) is 10.3 Å². The van der Waals surface area contributed by atoms with Gasteiger partial charge in [0.1, 0.15) is 16.9 Å². The average Bonchev–Trinajstić information content (AvgIpc) is 2.61. The summed E-state index contributed by atoms with van der Waals surface area (Å²) in [5, 5.41) is 4.73. The van der Waals surface area contributed by atoms with Crippen molar-refractivity contribution in [3.8, 4) is 0 Å². The van der Waals surface area contributed by atoms with Crippen LogP contribution in [0.3, 0.4) is 0 Å². The largest absolute Gasteiger partial charge is 0.460 e. The standard InChI is InChI=1S/C11H11N3O/c1-11(2,13-14-12)10-7-8-5-3-4-6-9(8)15-10/h3-7H,1-2H3. The van der Waals surface area contributed by atoms with Gasteiger partial charge in [-0.15, -0.1) is 0 Å². The van der Waals surface area contributed by atoms with Crippen LogP contribution < -0.4 is 0 Å². The van der Waals surface area contributed by atoms with Crippen LogP contribution in [-0.4, -0.2) is 0 Å². The zero-order chi connectivity index (χ0) is 10.9. The van der Waals surface area contributed by atoms with Gasteiger partial charge in [0.25, 0.3) is 0 Å². The Morgan fingerprint density at radius 1 is 1.33 bits per heavy atom. The Morgan fingerprint density at radius 3 is 2.73 bits per heavy atom. The van der Waals surface area contributed by atoms with Crippen LogP contribution in [0.15, 0.2) is 39.9 Å². The van der Waals surface area contributed by atoms with Crippen LogP contribution in [0.25, 0.3) is 21.4 Å². The van der Waals surface area contributed by atoms with Gasteiger partial charge < -0.3 is 4.42 Å². The number of fused-ring (bicyclic) bond motifs is 1. The molecule has 76 valence electrons. The van der Waals surface area contributed by atoms with Gasteiger partial charge in [-0.25, -0.2) is 0 Å². The summed E-state index contributed by atoms with van der Waals surface area (Å²) in [5.74, 6) is 0.682. The molecule has 2 rings (SSSR count). The first-order valence-corrected chi connectivity index (χ1v) is 4.69. The molecule has 0 atom stereocenters. The van der Waals surface area contributed by atoms with Gasteiger partial charge in [-0.1, -0.05) is 23.3 Å². The van der Waals surface area contributed by atoms with E-state index >= 15 is 0 Å². The second-order valence-electron chi connectivity index (χ2n) is 3.90. The predicted octanol–water partition coefficient (Wildman–Crippen LogP) is 3.98. The molecule has 0 saturated carbocycles. The quantitative estimate of drug-likeness (QED) is 0.411. The summed E-state index contributed by atoms with van der Waals surface area (Å²) in [6.45, 7) is 3.65. The first kappa shape index (κ1) is 9.62. The molecular formula is C11H11N3O. The highest BCUT2D eigenvalue weighted by molar-refractivity contribution is 5.77. The number of para-hydroxylation sites is 1. The fraction of sp³-hybridized carbons (Fsp3) is 0.273. The minimum Gasteiger partial charge on any atom is -0.460 e. The Morgan fingerprint density at radius 2 is 2.07 bits per heavy atom. The fourth-order valence-electron chi connectivity index (χ4n) is 1.44. The van der Waals surface area contributed by atoms with Crippen molar-refractivity contribution in [1.29, 1.82) is 0 Å². The molecule has 0 aliphatic carbocycles. The van der Waals surface area contributed by atoms with Crippen molar-refractivity contribution in [3.05, 3.63) is 46.5 Å². The van der Waals surface area contributed by atoms with Crippen molar-refractivity contribution in [1.82, 2.24) is 0 Å². The normalized spacial score (nSPS) is 11.3. The van der Waals surface area contributed by atoms with Gasteiger partial charge in [-0.2, -0.15) is 0 Å². The van der Waals surface area contributed by atoms with E-state index in [0.29, 0.717) is 5.76 Å². The summed E-state index contributed by atoms with van der Waals surface area (Å²) in [7, 11) is 0. The molecule has 0 fully saturated rings. The zero-order valence-corrected chi connectivity index (χ0v) is 8.64. The maximum atomic E-state index is 8.45. The third-order valence-electron chi connectivity index (χ3n) is 2.32. The van der Waals surface area contributed by atoms with Crippen LogP contribution >= 0.6 is 0 Å². The van der Waals surface area contributed by atoms with Gasteiger partial charge in [-0.3, -0.25) is 0 Å². The minimum absolute atomic E-state index is 0.645. The van der Waals surface area contributed by atoms with E-state index in [4.69, 9.17) is 9.95 Å². The summed E-state index contributed by atoms with van der Waals surface area (Å²) in [4.78, 5) is 2.82. The molecular weight excluding hydrogens is 190 g/mol. The van der Waals surface area contributed by atoms with E-state index < -0.39 is 5.54 Å². The minimum atomic E-state index is -0.645. The second kappa shape index (κ2) is 3.33. The number of azide groups is 1. The van der Waals surface area contributed by atoms with E-state index in [9.17, 15) is 0 Å². The van der Waals surface area contributed by atoms with E-state index in [0.717, 1.165) is 11.0 Å². The summed E-state index contributed by atoms with van der Waals surface area (Å²) < 4.78 is 5.62. The number of rotatable bonds is 2. The molecule has 0 N–H and O–H groups in total. The summed E-state index contributed by atoms with van der Waals surface area (Å²) in [6, 6.07) is 9.63. The van der Waals surface area contributed by atoms with E-state index in [1.165, 1.54) is 0 Å². The molecule has 2 aromatic rings. The van der Waals surface area contributed by atoms with E-state index in [1.807, 2.05) is 44.2 Å².